The lowest BCUT2D eigenvalue weighted by Crippen LogP contribution is -2.27. The van der Waals surface area contributed by atoms with Crippen LogP contribution in [-0.2, 0) is 12.1 Å². The van der Waals surface area contributed by atoms with Crippen LogP contribution in [0.2, 0.25) is 0 Å². The van der Waals surface area contributed by atoms with Crippen LogP contribution in [0.15, 0.2) is 30.5 Å². The van der Waals surface area contributed by atoms with Gasteiger partial charge in [0.05, 0.1) is 5.69 Å². The van der Waals surface area contributed by atoms with Crippen LogP contribution in [0.5, 0.6) is 0 Å². The summed E-state index contributed by atoms with van der Waals surface area (Å²) in [6.07, 6.45) is 1.73. The first-order chi connectivity index (χ1) is 8.45. The molecule has 0 aliphatic carbocycles. The Kier molecular flexibility index (Phi) is 3.26. The summed E-state index contributed by atoms with van der Waals surface area (Å²) in [6.45, 7) is 8.69. The molecule has 1 aromatic heterocycles. The number of rotatable bonds is 3. The van der Waals surface area contributed by atoms with Crippen LogP contribution < -0.4 is 0 Å². The fourth-order valence-corrected chi connectivity index (χ4v) is 2.40. The first kappa shape index (κ1) is 12.8. The van der Waals surface area contributed by atoms with Gasteiger partial charge in [-0.1, -0.05) is 29.3 Å². The van der Waals surface area contributed by atoms with E-state index in [4.69, 9.17) is 0 Å². The monoisotopic (exact) mass is 244 g/mol. The molecule has 1 unspecified atom stereocenters. The molecule has 2 rings (SSSR count). The molecule has 0 bridgehead atoms. The van der Waals surface area contributed by atoms with Gasteiger partial charge in [0.1, 0.15) is 5.60 Å². The lowest BCUT2D eigenvalue weighted by molar-refractivity contribution is 0.0916. The maximum absolute atomic E-state index is 10.8. The minimum atomic E-state index is -1.01. The molecular formula is C15H20N2O. The smallest absolute Gasteiger partial charge is 0.128 e. The minimum absolute atomic E-state index is 0.753. The maximum atomic E-state index is 10.8. The molecule has 18 heavy (non-hydrogen) atoms. The topological polar surface area (TPSA) is 38.0 Å². The number of hydrogen-bond donors (Lipinski definition) is 1. The molecule has 2 aromatic rings. The second kappa shape index (κ2) is 4.58. The second-order valence-electron chi connectivity index (χ2n) is 4.98. The lowest BCUT2D eigenvalue weighted by Gasteiger charge is -2.25. The Balaban J connectivity index is 2.53. The molecular weight excluding hydrogens is 224 g/mol. The zero-order valence-corrected chi connectivity index (χ0v) is 11.4. The van der Waals surface area contributed by atoms with E-state index < -0.39 is 5.60 Å². The first-order valence-corrected chi connectivity index (χ1v) is 6.28. The van der Waals surface area contributed by atoms with Gasteiger partial charge in [-0.3, -0.25) is 4.68 Å². The number of aromatic nitrogens is 2. The van der Waals surface area contributed by atoms with E-state index in [0.717, 1.165) is 28.9 Å². The third-order valence-corrected chi connectivity index (χ3v) is 3.30. The third-order valence-electron chi connectivity index (χ3n) is 3.30. The molecule has 0 aliphatic heterocycles. The van der Waals surface area contributed by atoms with Crippen molar-refractivity contribution in [2.75, 3.05) is 0 Å². The van der Waals surface area contributed by atoms with Gasteiger partial charge in [-0.25, -0.2) is 0 Å². The molecule has 3 nitrogen and oxygen atoms in total. The van der Waals surface area contributed by atoms with Crippen molar-refractivity contribution in [3.63, 3.8) is 0 Å². The highest BCUT2D eigenvalue weighted by Crippen LogP contribution is 2.30. The lowest BCUT2D eigenvalue weighted by atomic mass is 9.90. The molecule has 0 saturated carbocycles. The Morgan fingerprint density at radius 2 is 1.83 bits per heavy atom. The summed E-state index contributed by atoms with van der Waals surface area (Å²) in [7, 11) is 0. The Labute approximate surface area is 108 Å². The van der Waals surface area contributed by atoms with Gasteiger partial charge in [0, 0.05) is 12.7 Å². The molecule has 0 spiro atoms. The summed E-state index contributed by atoms with van der Waals surface area (Å²) in [5.41, 5.74) is 3.05. The van der Waals surface area contributed by atoms with Gasteiger partial charge in [0.25, 0.3) is 0 Å². The van der Waals surface area contributed by atoms with Gasteiger partial charge in [0.15, 0.2) is 0 Å². The van der Waals surface area contributed by atoms with E-state index in [2.05, 4.69) is 11.2 Å². The van der Waals surface area contributed by atoms with Crippen molar-refractivity contribution < 1.29 is 5.11 Å². The molecule has 3 heteroatoms. The summed E-state index contributed by atoms with van der Waals surface area (Å²) in [5, 5.41) is 15.1. The van der Waals surface area contributed by atoms with E-state index in [1.165, 1.54) is 0 Å². The minimum Gasteiger partial charge on any atom is -0.379 e. The van der Waals surface area contributed by atoms with E-state index in [1.54, 1.807) is 6.20 Å². The average molecular weight is 244 g/mol. The summed E-state index contributed by atoms with van der Waals surface area (Å²) >= 11 is 0. The van der Waals surface area contributed by atoms with Gasteiger partial charge in [-0.05, 0) is 39.3 Å². The van der Waals surface area contributed by atoms with Gasteiger partial charge in [-0.2, -0.15) is 5.10 Å². The van der Waals surface area contributed by atoms with E-state index in [9.17, 15) is 5.11 Å². The fraction of sp³-hybridized carbons (Fsp3) is 0.400. The van der Waals surface area contributed by atoms with Crippen molar-refractivity contribution >= 4 is 0 Å². The van der Waals surface area contributed by atoms with Crippen LogP contribution in [0.3, 0.4) is 0 Å². The van der Waals surface area contributed by atoms with Crippen molar-refractivity contribution in [3.05, 3.63) is 52.8 Å². The highest BCUT2D eigenvalue weighted by Gasteiger charge is 2.29. The van der Waals surface area contributed by atoms with E-state index >= 15 is 0 Å². The highest BCUT2D eigenvalue weighted by molar-refractivity contribution is 5.37. The van der Waals surface area contributed by atoms with Gasteiger partial charge in [0.2, 0.25) is 0 Å². The van der Waals surface area contributed by atoms with Crippen molar-refractivity contribution in [1.29, 1.82) is 0 Å². The predicted octanol–water partition coefficient (Wildman–Crippen LogP) is 2.78. The van der Waals surface area contributed by atoms with Crippen molar-refractivity contribution in [3.8, 4) is 0 Å². The van der Waals surface area contributed by atoms with Crippen LogP contribution in [0.1, 0.15) is 36.2 Å². The van der Waals surface area contributed by atoms with E-state index in [0.29, 0.717) is 0 Å². The number of aryl methyl sites for hydroxylation is 3. The van der Waals surface area contributed by atoms with Crippen LogP contribution >= 0.6 is 0 Å². The quantitative estimate of drug-likeness (QED) is 0.901. The Morgan fingerprint density at radius 1 is 1.22 bits per heavy atom. The van der Waals surface area contributed by atoms with Crippen LogP contribution in [0.4, 0.5) is 0 Å². The van der Waals surface area contributed by atoms with E-state index in [1.807, 2.05) is 50.6 Å². The second-order valence-corrected chi connectivity index (χ2v) is 4.98. The summed E-state index contributed by atoms with van der Waals surface area (Å²) < 4.78 is 1.83. The van der Waals surface area contributed by atoms with Gasteiger partial charge >= 0.3 is 0 Å². The van der Waals surface area contributed by atoms with Crippen LogP contribution in [-0.4, -0.2) is 14.9 Å². The largest absolute Gasteiger partial charge is 0.379 e. The Hall–Kier alpha value is -1.61. The van der Waals surface area contributed by atoms with E-state index in [-0.39, 0.29) is 0 Å². The first-order valence-electron chi connectivity index (χ1n) is 6.28. The summed E-state index contributed by atoms with van der Waals surface area (Å²) in [4.78, 5) is 0. The molecule has 0 saturated heterocycles. The van der Waals surface area contributed by atoms with Crippen LogP contribution in [0, 0.1) is 13.8 Å². The number of hydrogen-bond acceptors (Lipinski definition) is 2. The molecule has 1 aromatic carbocycles. The van der Waals surface area contributed by atoms with Gasteiger partial charge < -0.3 is 5.11 Å². The normalized spacial score (nSPS) is 14.5. The average Bonchev–Trinajstić information content (AvgIpc) is 2.76. The third kappa shape index (κ3) is 2.18. The number of benzene rings is 1. The number of nitrogens with zero attached hydrogens (tertiary/aromatic N) is 2. The standard InChI is InChI=1S/C15H20N2O/c1-5-17-14(6-7-16-17)15(4,18)13-9-11(2)8-12(3)10-13/h6-10,18H,5H2,1-4H3. The molecule has 0 aliphatic rings. The zero-order chi connectivity index (χ0) is 13.3. The van der Waals surface area contributed by atoms with Crippen molar-refractivity contribution in [1.82, 2.24) is 9.78 Å². The molecule has 96 valence electrons. The Morgan fingerprint density at radius 3 is 2.39 bits per heavy atom. The summed E-state index contributed by atoms with van der Waals surface area (Å²) in [5.74, 6) is 0. The molecule has 0 amide bonds. The fourth-order valence-electron chi connectivity index (χ4n) is 2.40. The van der Waals surface area contributed by atoms with Crippen molar-refractivity contribution in [2.45, 2.75) is 39.8 Å². The molecule has 0 radical (unpaired) electrons. The SMILES string of the molecule is CCn1nccc1C(C)(O)c1cc(C)cc(C)c1. The highest BCUT2D eigenvalue weighted by atomic mass is 16.3. The number of aliphatic hydroxyl groups is 1. The molecule has 1 heterocycles. The zero-order valence-electron chi connectivity index (χ0n) is 11.4. The molecule has 1 N–H and O–H groups in total. The summed E-state index contributed by atoms with van der Waals surface area (Å²) in [6, 6.07) is 8.04. The molecule has 1 atom stereocenters. The van der Waals surface area contributed by atoms with Gasteiger partial charge in [-0.15, -0.1) is 0 Å². The van der Waals surface area contributed by atoms with Crippen LogP contribution in [0.25, 0.3) is 0 Å². The Bertz CT molecular complexity index is 535. The predicted molar refractivity (Wildman–Crippen MR) is 72.5 cm³/mol. The van der Waals surface area contributed by atoms with Crippen molar-refractivity contribution in [2.24, 2.45) is 0 Å². The molecule has 0 fully saturated rings. The maximum Gasteiger partial charge on any atom is 0.128 e.